The van der Waals surface area contributed by atoms with Gasteiger partial charge in [-0.15, -0.1) is 0 Å². The first-order valence-electron chi connectivity index (χ1n) is 6.34. The van der Waals surface area contributed by atoms with E-state index in [1.54, 1.807) is 12.1 Å². The van der Waals surface area contributed by atoms with Crippen molar-refractivity contribution in [3.63, 3.8) is 0 Å². The van der Waals surface area contributed by atoms with Gasteiger partial charge in [0, 0.05) is 12.1 Å². The van der Waals surface area contributed by atoms with Crippen LogP contribution < -0.4 is 10.1 Å². The summed E-state index contributed by atoms with van der Waals surface area (Å²) in [6, 6.07) is 5.36. The normalized spacial score (nSPS) is 12.8. The van der Waals surface area contributed by atoms with E-state index in [4.69, 9.17) is 4.74 Å². The molecule has 0 bridgehead atoms. The third-order valence-corrected chi connectivity index (χ3v) is 3.21. The summed E-state index contributed by atoms with van der Waals surface area (Å²) < 4.78 is 19.4. The molecule has 1 rings (SSSR count). The standard InChI is InChI=1S/C14H21BrFNO/c1-10(2)17-8-4-5-11(3)18-12-6-7-13(15)14(16)9-12/h6-7,9-11,17H,4-5,8H2,1-3H3. The zero-order valence-electron chi connectivity index (χ0n) is 11.2. The SMILES string of the molecule is CC(C)NCCCC(C)Oc1ccc(Br)c(F)c1. The first kappa shape index (κ1) is 15.4. The number of halogens is 2. The van der Waals surface area contributed by atoms with Crippen molar-refractivity contribution in [2.45, 2.75) is 45.8 Å². The lowest BCUT2D eigenvalue weighted by atomic mass is 10.2. The highest BCUT2D eigenvalue weighted by Crippen LogP contribution is 2.22. The van der Waals surface area contributed by atoms with Gasteiger partial charge in [0.2, 0.25) is 0 Å². The van der Waals surface area contributed by atoms with Gasteiger partial charge in [-0.3, -0.25) is 0 Å². The van der Waals surface area contributed by atoms with Crippen molar-refractivity contribution in [2.24, 2.45) is 0 Å². The Morgan fingerprint density at radius 1 is 1.33 bits per heavy atom. The first-order valence-corrected chi connectivity index (χ1v) is 7.13. The molecule has 1 aromatic rings. The Kier molecular flexibility index (Phi) is 6.65. The predicted octanol–water partition coefficient (Wildman–Crippen LogP) is 4.13. The van der Waals surface area contributed by atoms with E-state index in [0.717, 1.165) is 19.4 Å². The molecule has 4 heteroatoms. The third-order valence-electron chi connectivity index (χ3n) is 2.57. The third kappa shape index (κ3) is 5.83. The van der Waals surface area contributed by atoms with Crippen molar-refractivity contribution in [1.82, 2.24) is 5.32 Å². The number of hydrogen-bond acceptors (Lipinski definition) is 2. The summed E-state index contributed by atoms with van der Waals surface area (Å²) in [6.07, 6.45) is 2.11. The van der Waals surface area contributed by atoms with Gasteiger partial charge >= 0.3 is 0 Å². The van der Waals surface area contributed by atoms with Gasteiger partial charge in [0.05, 0.1) is 10.6 Å². The second-order valence-corrected chi connectivity index (χ2v) is 5.61. The van der Waals surface area contributed by atoms with Crippen LogP contribution in [0.4, 0.5) is 4.39 Å². The largest absolute Gasteiger partial charge is 0.491 e. The Bertz CT molecular complexity index is 371. The van der Waals surface area contributed by atoms with Gasteiger partial charge in [-0.25, -0.2) is 4.39 Å². The monoisotopic (exact) mass is 317 g/mol. The van der Waals surface area contributed by atoms with Crippen LogP contribution in [0.1, 0.15) is 33.6 Å². The fourth-order valence-corrected chi connectivity index (χ4v) is 1.87. The molecule has 18 heavy (non-hydrogen) atoms. The Labute approximate surface area is 117 Å². The number of hydrogen-bond donors (Lipinski definition) is 1. The van der Waals surface area contributed by atoms with Crippen molar-refractivity contribution in [3.8, 4) is 5.75 Å². The molecule has 1 unspecified atom stereocenters. The molecule has 1 atom stereocenters. The molecule has 2 nitrogen and oxygen atoms in total. The van der Waals surface area contributed by atoms with Crippen LogP contribution in [0, 0.1) is 5.82 Å². The maximum atomic E-state index is 13.3. The van der Waals surface area contributed by atoms with Crippen LogP contribution in [0.15, 0.2) is 22.7 Å². The molecule has 0 amide bonds. The zero-order valence-corrected chi connectivity index (χ0v) is 12.8. The lowest BCUT2D eigenvalue weighted by molar-refractivity contribution is 0.206. The van der Waals surface area contributed by atoms with Crippen LogP contribution in [-0.4, -0.2) is 18.7 Å². The van der Waals surface area contributed by atoms with Crippen molar-refractivity contribution in [3.05, 3.63) is 28.5 Å². The second kappa shape index (κ2) is 7.74. The summed E-state index contributed by atoms with van der Waals surface area (Å²) in [7, 11) is 0. The van der Waals surface area contributed by atoms with E-state index in [9.17, 15) is 4.39 Å². The van der Waals surface area contributed by atoms with E-state index in [2.05, 4.69) is 35.1 Å². The Morgan fingerprint density at radius 2 is 2.06 bits per heavy atom. The zero-order chi connectivity index (χ0) is 13.5. The van der Waals surface area contributed by atoms with Gasteiger partial charge in [-0.2, -0.15) is 0 Å². The van der Waals surface area contributed by atoms with E-state index >= 15 is 0 Å². The summed E-state index contributed by atoms with van der Waals surface area (Å²) in [5.74, 6) is 0.293. The van der Waals surface area contributed by atoms with Crippen LogP contribution >= 0.6 is 15.9 Å². The van der Waals surface area contributed by atoms with Crippen molar-refractivity contribution < 1.29 is 9.13 Å². The molecule has 0 saturated carbocycles. The van der Waals surface area contributed by atoms with Gasteiger partial charge in [0.1, 0.15) is 11.6 Å². The smallest absolute Gasteiger partial charge is 0.141 e. The van der Waals surface area contributed by atoms with Crippen molar-refractivity contribution >= 4 is 15.9 Å². The summed E-state index contributed by atoms with van der Waals surface area (Å²) in [5, 5.41) is 3.36. The van der Waals surface area contributed by atoms with Crippen molar-refractivity contribution in [1.29, 1.82) is 0 Å². The summed E-state index contributed by atoms with van der Waals surface area (Å²) >= 11 is 3.12. The lowest BCUT2D eigenvalue weighted by Gasteiger charge is -2.15. The average molecular weight is 318 g/mol. The van der Waals surface area contributed by atoms with E-state index < -0.39 is 0 Å². The molecule has 0 heterocycles. The van der Waals surface area contributed by atoms with Crippen LogP contribution in [0.2, 0.25) is 0 Å². The fourth-order valence-electron chi connectivity index (χ4n) is 1.62. The molecule has 0 radical (unpaired) electrons. The minimum atomic E-state index is -0.291. The predicted molar refractivity (Wildman–Crippen MR) is 76.6 cm³/mol. The number of nitrogens with one attached hydrogen (secondary N) is 1. The van der Waals surface area contributed by atoms with E-state index in [1.807, 2.05) is 6.92 Å². The molecular formula is C14H21BrFNO. The van der Waals surface area contributed by atoms with Gasteiger partial charge < -0.3 is 10.1 Å². The molecule has 0 aliphatic carbocycles. The van der Waals surface area contributed by atoms with Gasteiger partial charge in [-0.05, 0) is 54.4 Å². The molecule has 0 aromatic heterocycles. The fraction of sp³-hybridized carbons (Fsp3) is 0.571. The van der Waals surface area contributed by atoms with Gasteiger partial charge in [0.15, 0.2) is 0 Å². The molecule has 1 aromatic carbocycles. The first-order chi connectivity index (χ1) is 8.49. The molecule has 102 valence electrons. The van der Waals surface area contributed by atoms with Crippen LogP contribution in [-0.2, 0) is 0 Å². The highest BCUT2D eigenvalue weighted by Gasteiger charge is 2.06. The van der Waals surface area contributed by atoms with Crippen LogP contribution in [0.5, 0.6) is 5.75 Å². The van der Waals surface area contributed by atoms with E-state index in [1.165, 1.54) is 6.07 Å². The maximum Gasteiger partial charge on any atom is 0.141 e. The minimum absolute atomic E-state index is 0.0968. The second-order valence-electron chi connectivity index (χ2n) is 4.76. The topological polar surface area (TPSA) is 21.3 Å². The summed E-state index contributed by atoms with van der Waals surface area (Å²) in [6.45, 7) is 7.25. The van der Waals surface area contributed by atoms with E-state index in [-0.39, 0.29) is 11.9 Å². The number of ether oxygens (including phenoxy) is 1. The van der Waals surface area contributed by atoms with Crippen LogP contribution in [0.25, 0.3) is 0 Å². The highest BCUT2D eigenvalue weighted by molar-refractivity contribution is 9.10. The Balaban J connectivity index is 2.31. The quantitative estimate of drug-likeness (QED) is 0.763. The minimum Gasteiger partial charge on any atom is -0.491 e. The number of rotatable bonds is 7. The molecule has 0 fully saturated rings. The number of benzene rings is 1. The van der Waals surface area contributed by atoms with Crippen LogP contribution in [0.3, 0.4) is 0 Å². The maximum absolute atomic E-state index is 13.3. The van der Waals surface area contributed by atoms with Gasteiger partial charge in [0.25, 0.3) is 0 Å². The molecule has 0 aliphatic rings. The Hall–Kier alpha value is -0.610. The van der Waals surface area contributed by atoms with Gasteiger partial charge in [-0.1, -0.05) is 13.8 Å². The molecule has 0 saturated heterocycles. The molecular weight excluding hydrogens is 297 g/mol. The molecule has 0 aliphatic heterocycles. The summed E-state index contributed by atoms with van der Waals surface area (Å²) in [4.78, 5) is 0. The summed E-state index contributed by atoms with van der Waals surface area (Å²) in [5.41, 5.74) is 0. The average Bonchev–Trinajstić information content (AvgIpc) is 2.29. The van der Waals surface area contributed by atoms with E-state index in [0.29, 0.717) is 16.3 Å². The highest BCUT2D eigenvalue weighted by atomic mass is 79.9. The Morgan fingerprint density at radius 3 is 2.67 bits per heavy atom. The lowest BCUT2D eigenvalue weighted by Crippen LogP contribution is -2.25. The van der Waals surface area contributed by atoms with Crippen molar-refractivity contribution in [2.75, 3.05) is 6.54 Å². The molecule has 1 N–H and O–H groups in total. The molecule has 0 spiro atoms.